The Hall–Kier alpha value is -1.79. The molecule has 1 aromatic rings. The quantitative estimate of drug-likeness (QED) is 0.770. The third-order valence-electron chi connectivity index (χ3n) is 2.90. The molecular weight excluding hydrogens is 272 g/mol. The van der Waals surface area contributed by atoms with Crippen LogP contribution in [-0.4, -0.2) is 46.3 Å². The number of hydrogen-bond donors (Lipinski definition) is 3. The number of β-amino-alcohol motifs (C(OH)–C–C–N with tert-alkyl or cyclic N) is 1. The van der Waals surface area contributed by atoms with Crippen LogP contribution in [0.3, 0.4) is 0 Å². The Morgan fingerprint density at radius 1 is 1.42 bits per heavy atom. The van der Waals surface area contributed by atoms with Crippen LogP contribution in [-0.2, 0) is 0 Å². The number of carbonyl (C=O) groups is 2. The molecule has 0 aromatic heterocycles. The number of hydrogen-bond acceptors (Lipinski definition) is 3. The molecule has 0 saturated carbocycles. The van der Waals surface area contributed by atoms with Gasteiger partial charge in [-0.05, 0) is 24.6 Å². The van der Waals surface area contributed by atoms with Gasteiger partial charge in [-0.1, -0.05) is 11.6 Å². The maximum atomic E-state index is 11.8. The monoisotopic (exact) mass is 284 g/mol. The molecule has 1 heterocycles. The number of benzene rings is 1. The van der Waals surface area contributed by atoms with Crippen molar-refractivity contribution < 1.29 is 19.8 Å². The van der Waals surface area contributed by atoms with Crippen molar-refractivity contribution in [3.05, 3.63) is 28.8 Å². The fourth-order valence-electron chi connectivity index (χ4n) is 1.90. The molecule has 0 aliphatic carbocycles. The molecule has 1 atom stereocenters. The van der Waals surface area contributed by atoms with E-state index in [9.17, 15) is 14.7 Å². The highest BCUT2D eigenvalue weighted by Crippen LogP contribution is 2.21. The molecule has 1 aliphatic rings. The van der Waals surface area contributed by atoms with E-state index in [4.69, 9.17) is 16.7 Å². The van der Waals surface area contributed by atoms with Crippen LogP contribution in [0.15, 0.2) is 18.2 Å². The highest BCUT2D eigenvalue weighted by atomic mass is 35.5. The first-order valence-corrected chi connectivity index (χ1v) is 6.12. The minimum Gasteiger partial charge on any atom is -0.478 e. The topological polar surface area (TPSA) is 89.9 Å². The van der Waals surface area contributed by atoms with Crippen molar-refractivity contribution in [1.29, 1.82) is 0 Å². The van der Waals surface area contributed by atoms with Gasteiger partial charge in [-0.3, -0.25) is 0 Å². The highest BCUT2D eigenvalue weighted by Gasteiger charge is 2.24. The zero-order valence-corrected chi connectivity index (χ0v) is 10.7. The van der Waals surface area contributed by atoms with Crippen molar-refractivity contribution in [2.75, 3.05) is 18.4 Å². The van der Waals surface area contributed by atoms with Crippen LogP contribution in [0, 0.1) is 0 Å². The van der Waals surface area contributed by atoms with Crippen molar-refractivity contribution in [3.63, 3.8) is 0 Å². The van der Waals surface area contributed by atoms with Crippen LogP contribution < -0.4 is 5.32 Å². The minimum atomic E-state index is -1.15. The highest BCUT2D eigenvalue weighted by molar-refractivity contribution is 6.33. The van der Waals surface area contributed by atoms with Crippen LogP contribution in [0.1, 0.15) is 16.8 Å². The first-order valence-electron chi connectivity index (χ1n) is 5.74. The number of urea groups is 1. The smallest absolute Gasteiger partial charge is 0.337 e. The maximum Gasteiger partial charge on any atom is 0.337 e. The first kappa shape index (κ1) is 13.6. The fraction of sp³-hybridized carbons (Fsp3) is 0.333. The van der Waals surface area contributed by atoms with Crippen molar-refractivity contribution in [2.45, 2.75) is 12.5 Å². The fourth-order valence-corrected chi connectivity index (χ4v) is 2.09. The molecule has 1 fully saturated rings. The lowest BCUT2D eigenvalue weighted by Gasteiger charge is -2.16. The Morgan fingerprint density at radius 3 is 2.74 bits per heavy atom. The van der Waals surface area contributed by atoms with Crippen molar-refractivity contribution in [2.24, 2.45) is 0 Å². The lowest BCUT2D eigenvalue weighted by molar-refractivity contribution is 0.0697. The van der Waals surface area contributed by atoms with Gasteiger partial charge in [0, 0.05) is 18.8 Å². The van der Waals surface area contributed by atoms with Crippen molar-refractivity contribution >= 4 is 29.3 Å². The largest absolute Gasteiger partial charge is 0.478 e. The average Bonchev–Trinajstić information content (AvgIpc) is 2.78. The van der Waals surface area contributed by atoms with E-state index in [1.807, 2.05) is 0 Å². The number of halogens is 1. The summed E-state index contributed by atoms with van der Waals surface area (Å²) in [4.78, 5) is 24.2. The Balaban J connectivity index is 2.09. The number of carboxylic acid groups (broad SMARTS) is 1. The molecule has 3 N–H and O–H groups in total. The molecule has 2 amide bonds. The summed E-state index contributed by atoms with van der Waals surface area (Å²) in [6.07, 6.45) is 0.0552. The number of anilines is 1. The lowest BCUT2D eigenvalue weighted by Crippen LogP contribution is -2.33. The molecule has 6 nitrogen and oxygen atoms in total. The van der Waals surface area contributed by atoms with Gasteiger partial charge in [-0.2, -0.15) is 0 Å². The number of likely N-dealkylation sites (tertiary alicyclic amines) is 1. The molecule has 1 unspecified atom stereocenters. The Labute approximate surface area is 114 Å². The van der Waals surface area contributed by atoms with Gasteiger partial charge < -0.3 is 20.4 Å². The molecule has 19 heavy (non-hydrogen) atoms. The van der Waals surface area contributed by atoms with E-state index < -0.39 is 12.1 Å². The van der Waals surface area contributed by atoms with E-state index in [0.29, 0.717) is 18.7 Å². The summed E-state index contributed by atoms with van der Waals surface area (Å²) in [6, 6.07) is 3.88. The second-order valence-corrected chi connectivity index (χ2v) is 4.73. The Kier molecular flexibility index (Phi) is 3.92. The number of aliphatic hydroxyl groups is 1. The molecule has 1 aliphatic heterocycles. The van der Waals surface area contributed by atoms with Crippen LogP contribution in [0.2, 0.25) is 5.02 Å². The molecular formula is C12H13ClN2O4. The number of carbonyl (C=O) groups excluding carboxylic acids is 1. The summed E-state index contributed by atoms with van der Waals surface area (Å²) in [7, 11) is 0. The van der Waals surface area contributed by atoms with Gasteiger partial charge in [0.15, 0.2) is 0 Å². The van der Waals surface area contributed by atoms with Crippen LogP contribution in [0.4, 0.5) is 10.5 Å². The third-order valence-corrected chi connectivity index (χ3v) is 3.23. The molecule has 0 bridgehead atoms. The second kappa shape index (κ2) is 5.46. The predicted octanol–water partition coefficient (Wildman–Crippen LogP) is 1.64. The van der Waals surface area contributed by atoms with E-state index in [1.54, 1.807) is 0 Å². The number of carboxylic acids is 1. The van der Waals surface area contributed by atoms with Crippen LogP contribution >= 0.6 is 11.6 Å². The summed E-state index contributed by atoms with van der Waals surface area (Å²) in [5.74, 6) is -1.15. The summed E-state index contributed by atoms with van der Waals surface area (Å²) in [6.45, 7) is 0.761. The van der Waals surface area contributed by atoms with E-state index in [2.05, 4.69) is 5.32 Å². The van der Waals surface area contributed by atoms with Gasteiger partial charge in [0.1, 0.15) is 0 Å². The van der Waals surface area contributed by atoms with Gasteiger partial charge in [0.25, 0.3) is 0 Å². The van der Waals surface area contributed by atoms with Crippen LogP contribution in [0.5, 0.6) is 0 Å². The number of aliphatic hydroxyl groups excluding tert-OH is 1. The summed E-state index contributed by atoms with van der Waals surface area (Å²) < 4.78 is 0. The second-order valence-electron chi connectivity index (χ2n) is 4.32. The van der Waals surface area contributed by atoms with E-state index in [-0.39, 0.29) is 23.2 Å². The molecule has 0 spiro atoms. The molecule has 102 valence electrons. The van der Waals surface area contributed by atoms with Crippen LogP contribution in [0.25, 0.3) is 0 Å². The van der Waals surface area contributed by atoms with Crippen molar-refractivity contribution in [1.82, 2.24) is 4.90 Å². The maximum absolute atomic E-state index is 11.8. The number of nitrogens with one attached hydrogen (secondary N) is 1. The van der Waals surface area contributed by atoms with Gasteiger partial charge >= 0.3 is 12.0 Å². The van der Waals surface area contributed by atoms with Crippen molar-refractivity contribution in [3.8, 4) is 0 Å². The molecule has 2 rings (SSSR count). The molecule has 1 aromatic carbocycles. The zero-order valence-electron chi connectivity index (χ0n) is 9.97. The SMILES string of the molecule is O=C(O)c1cc(NC(=O)N2CCC(O)C2)ccc1Cl. The van der Waals surface area contributed by atoms with E-state index >= 15 is 0 Å². The molecule has 1 saturated heterocycles. The van der Waals surface area contributed by atoms with Gasteiger partial charge in [-0.15, -0.1) is 0 Å². The Morgan fingerprint density at radius 2 is 2.16 bits per heavy atom. The lowest BCUT2D eigenvalue weighted by atomic mass is 10.2. The number of nitrogens with zero attached hydrogens (tertiary/aromatic N) is 1. The summed E-state index contributed by atoms with van der Waals surface area (Å²) in [5.41, 5.74) is 0.286. The number of aromatic carboxylic acids is 1. The number of amides is 2. The van der Waals surface area contributed by atoms with Gasteiger partial charge in [-0.25, -0.2) is 9.59 Å². The number of rotatable bonds is 2. The zero-order chi connectivity index (χ0) is 14.0. The minimum absolute atomic E-state index is 0.0686. The normalized spacial score (nSPS) is 18.4. The molecule has 0 radical (unpaired) electrons. The van der Waals surface area contributed by atoms with E-state index in [1.165, 1.54) is 23.1 Å². The first-order chi connectivity index (χ1) is 8.97. The third kappa shape index (κ3) is 3.15. The Bertz CT molecular complexity index is 520. The van der Waals surface area contributed by atoms with Gasteiger partial charge in [0.2, 0.25) is 0 Å². The standard InChI is InChI=1S/C12H13ClN2O4/c13-10-2-1-7(5-9(10)11(17)18)14-12(19)15-4-3-8(16)6-15/h1-2,5,8,16H,3-4,6H2,(H,14,19)(H,17,18). The van der Waals surface area contributed by atoms with E-state index in [0.717, 1.165) is 0 Å². The predicted molar refractivity (Wildman–Crippen MR) is 69.6 cm³/mol. The summed E-state index contributed by atoms with van der Waals surface area (Å²) >= 11 is 5.74. The molecule has 7 heteroatoms. The summed E-state index contributed by atoms with van der Waals surface area (Å²) in [5, 5.41) is 21.0. The van der Waals surface area contributed by atoms with Gasteiger partial charge in [0.05, 0.1) is 16.7 Å². The average molecular weight is 285 g/mol.